The minimum Gasteiger partial charge on any atom is -0.444 e. The van der Waals surface area contributed by atoms with Crippen molar-refractivity contribution in [2.45, 2.75) is 38.7 Å². The highest BCUT2D eigenvalue weighted by Crippen LogP contribution is 2.28. The Hall–Kier alpha value is -2.49. The Labute approximate surface area is 144 Å². The molecule has 1 atom stereocenters. The molecule has 128 valence electrons. The minimum atomic E-state index is -0.489. The van der Waals surface area contributed by atoms with Crippen LogP contribution in [0.1, 0.15) is 44.2 Å². The van der Waals surface area contributed by atoms with Crippen LogP contribution in [0.15, 0.2) is 54.6 Å². The van der Waals surface area contributed by atoms with Gasteiger partial charge in [0, 0.05) is 18.2 Å². The summed E-state index contributed by atoms with van der Waals surface area (Å²) >= 11 is 0. The van der Waals surface area contributed by atoms with Gasteiger partial charge in [0.25, 0.3) is 0 Å². The van der Waals surface area contributed by atoms with E-state index in [1.807, 2.05) is 57.2 Å². The average molecular weight is 326 g/mol. The summed E-state index contributed by atoms with van der Waals surface area (Å²) in [5, 5.41) is 2.83. The van der Waals surface area contributed by atoms with E-state index in [9.17, 15) is 4.79 Å². The summed E-state index contributed by atoms with van der Waals surface area (Å²) in [6.07, 6.45) is 0.383. The Morgan fingerprint density at radius 2 is 1.75 bits per heavy atom. The van der Waals surface area contributed by atoms with Gasteiger partial charge in [0.15, 0.2) is 0 Å². The van der Waals surface area contributed by atoms with Gasteiger partial charge in [-0.05, 0) is 50.5 Å². The smallest absolute Gasteiger partial charge is 0.407 e. The second-order valence-electron chi connectivity index (χ2n) is 6.85. The van der Waals surface area contributed by atoms with Gasteiger partial charge in [-0.1, -0.05) is 42.5 Å². The van der Waals surface area contributed by atoms with Crippen LogP contribution >= 0.6 is 0 Å². The lowest BCUT2D eigenvalue weighted by atomic mass is 9.88. The number of amides is 1. The quantitative estimate of drug-likeness (QED) is 0.804. The van der Waals surface area contributed by atoms with Crippen LogP contribution in [0.3, 0.4) is 0 Å². The lowest BCUT2D eigenvalue weighted by Gasteiger charge is -2.21. The van der Waals surface area contributed by atoms with E-state index in [2.05, 4.69) is 23.5 Å². The van der Waals surface area contributed by atoms with E-state index in [4.69, 9.17) is 10.5 Å². The summed E-state index contributed by atoms with van der Waals surface area (Å²) in [4.78, 5) is 11.8. The maximum atomic E-state index is 11.8. The number of hydrogen-bond donors (Lipinski definition) is 2. The Balaban J connectivity index is 2.06. The summed E-state index contributed by atoms with van der Waals surface area (Å²) in [5.74, 6) is 0.171. The highest BCUT2D eigenvalue weighted by atomic mass is 16.6. The fourth-order valence-electron chi connectivity index (χ4n) is 2.62. The predicted octanol–water partition coefficient (Wildman–Crippen LogP) is 4.32. The molecule has 0 unspecified atom stereocenters. The summed E-state index contributed by atoms with van der Waals surface area (Å²) in [7, 11) is 0. The first kappa shape index (κ1) is 17.9. The molecular formula is C20H26N2O2. The Bertz CT molecular complexity index is 663. The Kier molecular flexibility index (Phi) is 5.85. The van der Waals surface area contributed by atoms with Crippen molar-refractivity contribution in [2.75, 3.05) is 12.3 Å². The van der Waals surface area contributed by atoms with Crippen LogP contribution in [-0.4, -0.2) is 18.2 Å². The summed E-state index contributed by atoms with van der Waals surface area (Å²) in [6, 6.07) is 18.1. The van der Waals surface area contributed by atoms with E-state index in [-0.39, 0.29) is 12.0 Å². The number of benzene rings is 2. The maximum absolute atomic E-state index is 11.8. The van der Waals surface area contributed by atoms with E-state index >= 15 is 0 Å². The maximum Gasteiger partial charge on any atom is 0.407 e. The van der Waals surface area contributed by atoms with Crippen LogP contribution in [0.25, 0.3) is 0 Å². The first-order chi connectivity index (χ1) is 11.3. The minimum absolute atomic E-state index is 0.171. The molecule has 0 aromatic heterocycles. The molecule has 4 heteroatoms. The van der Waals surface area contributed by atoms with Crippen LogP contribution in [0, 0.1) is 0 Å². The molecule has 2 aromatic carbocycles. The third kappa shape index (κ3) is 5.61. The molecule has 2 aromatic rings. The third-order valence-corrected chi connectivity index (χ3v) is 3.62. The number of carbonyl (C=O) groups excluding carboxylic acids is 1. The van der Waals surface area contributed by atoms with Gasteiger partial charge in [-0.2, -0.15) is 0 Å². The van der Waals surface area contributed by atoms with Gasteiger partial charge < -0.3 is 15.8 Å². The zero-order valence-electron chi connectivity index (χ0n) is 14.6. The van der Waals surface area contributed by atoms with Crippen LogP contribution in [0.5, 0.6) is 0 Å². The number of alkyl carbamates (subject to hydrolysis) is 1. The van der Waals surface area contributed by atoms with Crippen molar-refractivity contribution in [3.05, 3.63) is 65.7 Å². The number of rotatable bonds is 5. The second kappa shape index (κ2) is 7.86. The first-order valence-electron chi connectivity index (χ1n) is 8.22. The fourth-order valence-corrected chi connectivity index (χ4v) is 2.62. The molecule has 0 spiro atoms. The fraction of sp³-hybridized carbons (Fsp3) is 0.350. The van der Waals surface area contributed by atoms with Crippen molar-refractivity contribution in [1.82, 2.24) is 5.32 Å². The number of ether oxygens (including phenoxy) is 1. The molecule has 0 aliphatic rings. The van der Waals surface area contributed by atoms with Crippen molar-refractivity contribution >= 4 is 11.8 Å². The molecule has 0 saturated heterocycles. The molecule has 0 saturated carbocycles. The van der Waals surface area contributed by atoms with Crippen molar-refractivity contribution < 1.29 is 9.53 Å². The van der Waals surface area contributed by atoms with E-state index in [0.29, 0.717) is 6.54 Å². The summed E-state index contributed by atoms with van der Waals surface area (Å²) in [6.45, 7) is 6.09. The topological polar surface area (TPSA) is 64.3 Å². The van der Waals surface area contributed by atoms with Gasteiger partial charge in [0.1, 0.15) is 5.60 Å². The predicted molar refractivity (Wildman–Crippen MR) is 98.0 cm³/mol. The zero-order chi connectivity index (χ0) is 17.6. The van der Waals surface area contributed by atoms with Gasteiger partial charge in [-0.15, -0.1) is 0 Å². The number of anilines is 1. The van der Waals surface area contributed by atoms with E-state index in [1.54, 1.807) is 0 Å². The first-order valence-corrected chi connectivity index (χ1v) is 8.22. The van der Waals surface area contributed by atoms with E-state index in [1.165, 1.54) is 5.56 Å². The second-order valence-corrected chi connectivity index (χ2v) is 6.85. The number of carbonyl (C=O) groups is 1. The van der Waals surface area contributed by atoms with Crippen LogP contribution < -0.4 is 11.1 Å². The zero-order valence-corrected chi connectivity index (χ0v) is 14.6. The van der Waals surface area contributed by atoms with Crippen LogP contribution in [0.2, 0.25) is 0 Å². The van der Waals surface area contributed by atoms with E-state index in [0.717, 1.165) is 17.7 Å². The average Bonchev–Trinajstić information content (AvgIpc) is 2.50. The van der Waals surface area contributed by atoms with Crippen molar-refractivity contribution in [2.24, 2.45) is 0 Å². The molecule has 2 rings (SSSR count). The molecule has 0 aliphatic carbocycles. The highest BCUT2D eigenvalue weighted by molar-refractivity contribution is 5.67. The summed E-state index contributed by atoms with van der Waals surface area (Å²) < 4.78 is 5.28. The number of nitrogens with two attached hydrogens (primary N) is 1. The van der Waals surface area contributed by atoms with E-state index < -0.39 is 5.60 Å². The van der Waals surface area contributed by atoms with Gasteiger partial charge >= 0.3 is 6.09 Å². The Morgan fingerprint density at radius 1 is 1.08 bits per heavy atom. The van der Waals surface area contributed by atoms with Gasteiger partial charge in [0.05, 0.1) is 0 Å². The number of nitrogen functional groups attached to an aromatic ring is 1. The van der Waals surface area contributed by atoms with Crippen LogP contribution in [-0.2, 0) is 4.74 Å². The van der Waals surface area contributed by atoms with Gasteiger partial charge in [0.2, 0.25) is 0 Å². The molecular weight excluding hydrogens is 300 g/mol. The largest absolute Gasteiger partial charge is 0.444 e. The molecule has 24 heavy (non-hydrogen) atoms. The van der Waals surface area contributed by atoms with Crippen molar-refractivity contribution in [3.63, 3.8) is 0 Å². The van der Waals surface area contributed by atoms with Crippen LogP contribution in [0.4, 0.5) is 10.5 Å². The Morgan fingerprint density at radius 3 is 2.38 bits per heavy atom. The highest BCUT2D eigenvalue weighted by Gasteiger charge is 2.18. The SMILES string of the molecule is CC(C)(C)OC(=O)NCC[C@@H](c1ccccc1)c1cccc(N)c1. The molecule has 4 nitrogen and oxygen atoms in total. The van der Waals surface area contributed by atoms with Crippen molar-refractivity contribution in [1.29, 1.82) is 0 Å². The molecule has 0 radical (unpaired) electrons. The van der Waals surface area contributed by atoms with Gasteiger partial charge in [-0.25, -0.2) is 4.79 Å². The normalized spacial score (nSPS) is 12.5. The monoisotopic (exact) mass is 326 g/mol. The van der Waals surface area contributed by atoms with Crippen molar-refractivity contribution in [3.8, 4) is 0 Å². The molecule has 0 aliphatic heterocycles. The lowest BCUT2D eigenvalue weighted by Crippen LogP contribution is -2.33. The molecule has 0 heterocycles. The number of hydrogen-bond acceptors (Lipinski definition) is 3. The van der Waals surface area contributed by atoms with Gasteiger partial charge in [-0.3, -0.25) is 0 Å². The molecule has 0 bridgehead atoms. The molecule has 1 amide bonds. The standard InChI is InChI=1S/C20H26N2O2/c1-20(2,3)24-19(23)22-13-12-18(15-8-5-4-6-9-15)16-10-7-11-17(21)14-16/h4-11,14,18H,12-13,21H2,1-3H3,(H,22,23)/t18-/m0/s1. The summed E-state index contributed by atoms with van der Waals surface area (Å²) in [5.41, 5.74) is 8.53. The molecule has 3 N–H and O–H groups in total. The third-order valence-electron chi connectivity index (χ3n) is 3.62. The lowest BCUT2D eigenvalue weighted by molar-refractivity contribution is 0.0527. The molecule has 0 fully saturated rings. The number of nitrogens with one attached hydrogen (secondary N) is 1.